The van der Waals surface area contributed by atoms with E-state index in [9.17, 15) is 0 Å². The average molecular weight is 90.1 g/mol. The van der Waals surface area contributed by atoms with Crippen molar-refractivity contribution in [2.75, 3.05) is 0 Å². The molecule has 1 rings (SSSR count). The minimum Gasteiger partial charge on any atom is -0.365 e. The number of epoxide rings is 1. The van der Waals surface area contributed by atoms with Crippen molar-refractivity contribution in [3.8, 4) is 0 Å². The Morgan fingerprint density at radius 2 is 2.33 bits per heavy atom. The second-order valence-corrected chi connectivity index (χ2v) is 1.11. The summed E-state index contributed by atoms with van der Waals surface area (Å²) in [4.78, 5) is 0. The number of ether oxygens (including phenoxy) is 1. The van der Waals surface area contributed by atoms with Crippen LogP contribution >= 0.6 is 0 Å². The van der Waals surface area contributed by atoms with Crippen molar-refractivity contribution in [2.24, 2.45) is 5.84 Å². The lowest BCUT2D eigenvalue weighted by molar-refractivity contribution is 0.155. The van der Waals surface area contributed by atoms with Crippen LogP contribution in [0, 0.1) is 0 Å². The molecular formula is C2H6N2O2. The maximum absolute atomic E-state index is 8.26. The first kappa shape index (κ1) is 4.01. The highest BCUT2D eigenvalue weighted by Gasteiger charge is 2.35. The number of hydrogen-bond donors (Lipinski definition) is 3. The maximum atomic E-state index is 8.26. The minimum atomic E-state index is -0.671. The van der Waals surface area contributed by atoms with Gasteiger partial charge in [0, 0.05) is 0 Å². The highest BCUT2D eigenvalue weighted by atomic mass is 16.7. The van der Waals surface area contributed by atoms with Gasteiger partial charge in [-0.3, -0.25) is 5.84 Å². The van der Waals surface area contributed by atoms with Gasteiger partial charge in [0.2, 0.25) is 0 Å². The Labute approximate surface area is 34.9 Å². The molecule has 4 heteroatoms. The Kier molecular flexibility index (Phi) is 0.776. The van der Waals surface area contributed by atoms with Crippen LogP contribution in [0.25, 0.3) is 0 Å². The number of hydrazine groups is 1. The Bertz CT molecular complexity index is 55.5. The number of aliphatic hydroxyl groups excluding tert-OH is 1. The van der Waals surface area contributed by atoms with Crippen LogP contribution < -0.4 is 11.3 Å². The van der Waals surface area contributed by atoms with E-state index in [4.69, 9.17) is 10.9 Å². The van der Waals surface area contributed by atoms with E-state index in [0.717, 1.165) is 0 Å². The summed E-state index contributed by atoms with van der Waals surface area (Å²) >= 11 is 0. The normalized spacial score (nSPS) is 43.0. The van der Waals surface area contributed by atoms with Gasteiger partial charge in [0.05, 0.1) is 0 Å². The van der Waals surface area contributed by atoms with Gasteiger partial charge >= 0.3 is 0 Å². The van der Waals surface area contributed by atoms with Crippen LogP contribution in [-0.4, -0.2) is 17.6 Å². The number of aliphatic hydroxyl groups is 1. The Morgan fingerprint density at radius 3 is 2.33 bits per heavy atom. The molecule has 1 aliphatic heterocycles. The molecule has 1 fully saturated rings. The Balaban J connectivity index is 2.09. The predicted octanol–water partition coefficient (Wildman–Crippen LogP) is -1.88. The molecule has 6 heavy (non-hydrogen) atoms. The molecule has 4 nitrogen and oxygen atoms in total. The molecule has 2 atom stereocenters. The predicted molar refractivity (Wildman–Crippen MR) is 18.2 cm³/mol. The summed E-state index contributed by atoms with van der Waals surface area (Å²) < 4.78 is 4.39. The fraction of sp³-hybridized carbons (Fsp3) is 1.00. The van der Waals surface area contributed by atoms with Gasteiger partial charge < -0.3 is 9.84 Å². The molecule has 0 bridgehead atoms. The molecule has 4 N–H and O–H groups in total. The standard InChI is InChI=1S/C2H6N2O2/c3-4-1-2(5)6-1/h1-2,4-5H,3H2. The smallest absolute Gasteiger partial charge is 0.198 e. The molecule has 0 aromatic carbocycles. The van der Waals surface area contributed by atoms with E-state index < -0.39 is 6.29 Å². The van der Waals surface area contributed by atoms with Crippen molar-refractivity contribution in [3.05, 3.63) is 0 Å². The average Bonchev–Trinajstić information content (AvgIpc) is 2.19. The molecule has 1 aliphatic rings. The van der Waals surface area contributed by atoms with E-state index >= 15 is 0 Å². The number of nitrogens with two attached hydrogens (primary N) is 1. The second-order valence-electron chi connectivity index (χ2n) is 1.11. The Morgan fingerprint density at radius 1 is 1.83 bits per heavy atom. The molecular weight excluding hydrogens is 84.0 g/mol. The first-order valence-corrected chi connectivity index (χ1v) is 1.64. The summed E-state index contributed by atoms with van der Waals surface area (Å²) in [5.74, 6) is 4.79. The van der Waals surface area contributed by atoms with Crippen LogP contribution in [0.15, 0.2) is 0 Å². The van der Waals surface area contributed by atoms with Crippen molar-refractivity contribution in [3.63, 3.8) is 0 Å². The van der Waals surface area contributed by atoms with Gasteiger partial charge in [-0.05, 0) is 0 Å². The third-order valence-corrected chi connectivity index (χ3v) is 0.633. The molecule has 0 radical (unpaired) electrons. The second kappa shape index (κ2) is 1.16. The van der Waals surface area contributed by atoms with Crippen molar-refractivity contribution >= 4 is 0 Å². The quantitative estimate of drug-likeness (QED) is 0.200. The lowest BCUT2D eigenvalue weighted by Gasteiger charge is -1.79. The fourth-order valence-corrected chi connectivity index (χ4v) is 0.226. The van der Waals surface area contributed by atoms with Gasteiger partial charge in [-0.2, -0.15) is 0 Å². The molecule has 2 unspecified atom stereocenters. The van der Waals surface area contributed by atoms with Crippen molar-refractivity contribution in [1.29, 1.82) is 0 Å². The summed E-state index contributed by atoms with van der Waals surface area (Å²) in [5.41, 5.74) is 2.22. The minimum absolute atomic E-state index is 0.315. The third-order valence-electron chi connectivity index (χ3n) is 0.633. The molecule has 0 amide bonds. The van der Waals surface area contributed by atoms with E-state index in [2.05, 4.69) is 10.2 Å². The van der Waals surface area contributed by atoms with E-state index in [1.165, 1.54) is 0 Å². The van der Waals surface area contributed by atoms with Gasteiger partial charge in [-0.1, -0.05) is 0 Å². The van der Waals surface area contributed by atoms with Crippen molar-refractivity contribution < 1.29 is 9.84 Å². The van der Waals surface area contributed by atoms with Gasteiger partial charge in [0.1, 0.15) is 0 Å². The number of hydrogen-bond acceptors (Lipinski definition) is 4. The number of rotatable bonds is 1. The molecule has 0 aromatic heterocycles. The van der Waals surface area contributed by atoms with Gasteiger partial charge in [0.15, 0.2) is 12.5 Å². The van der Waals surface area contributed by atoms with Crippen LogP contribution in [0.1, 0.15) is 0 Å². The fourth-order valence-electron chi connectivity index (χ4n) is 0.226. The first-order chi connectivity index (χ1) is 2.84. The largest absolute Gasteiger partial charge is 0.365 e. The lowest BCUT2D eigenvalue weighted by Crippen LogP contribution is -2.26. The van der Waals surface area contributed by atoms with Crippen LogP contribution in [0.5, 0.6) is 0 Å². The molecule has 0 spiro atoms. The SMILES string of the molecule is NNC1OC1O. The first-order valence-electron chi connectivity index (χ1n) is 1.64. The summed E-state index contributed by atoms with van der Waals surface area (Å²) in [6, 6.07) is 0. The van der Waals surface area contributed by atoms with E-state index in [1.807, 2.05) is 0 Å². The highest BCUT2D eigenvalue weighted by Crippen LogP contribution is 2.12. The van der Waals surface area contributed by atoms with E-state index in [1.54, 1.807) is 0 Å². The van der Waals surface area contributed by atoms with E-state index in [-0.39, 0.29) is 6.23 Å². The van der Waals surface area contributed by atoms with Crippen LogP contribution in [0.2, 0.25) is 0 Å². The zero-order valence-corrected chi connectivity index (χ0v) is 3.09. The molecule has 0 aromatic rings. The number of nitrogens with one attached hydrogen (secondary N) is 1. The van der Waals surface area contributed by atoms with E-state index in [0.29, 0.717) is 0 Å². The molecule has 0 saturated carbocycles. The zero-order chi connectivity index (χ0) is 4.57. The highest BCUT2D eigenvalue weighted by molar-refractivity contribution is 4.67. The third kappa shape index (κ3) is 0.504. The Hall–Kier alpha value is -0.160. The molecule has 1 heterocycles. The molecule has 0 aliphatic carbocycles. The summed E-state index contributed by atoms with van der Waals surface area (Å²) in [5, 5.41) is 8.26. The van der Waals surface area contributed by atoms with Crippen LogP contribution in [0.4, 0.5) is 0 Å². The van der Waals surface area contributed by atoms with Crippen molar-refractivity contribution in [2.45, 2.75) is 12.5 Å². The topological polar surface area (TPSA) is 70.8 Å². The summed E-state index contributed by atoms with van der Waals surface area (Å²) in [6.45, 7) is 0. The zero-order valence-electron chi connectivity index (χ0n) is 3.09. The lowest BCUT2D eigenvalue weighted by atomic mass is 10.7. The van der Waals surface area contributed by atoms with Gasteiger partial charge in [-0.25, -0.2) is 5.43 Å². The van der Waals surface area contributed by atoms with Crippen LogP contribution in [-0.2, 0) is 4.74 Å². The van der Waals surface area contributed by atoms with Gasteiger partial charge in [-0.15, -0.1) is 0 Å². The monoisotopic (exact) mass is 90.0 g/mol. The maximum Gasteiger partial charge on any atom is 0.198 e. The molecule has 36 valence electrons. The van der Waals surface area contributed by atoms with Crippen LogP contribution in [0.3, 0.4) is 0 Å². The van der Waals surface area contributed by atoms with Gasteiger partial charge in [0.25, 0.3) is 0 Å². The molecule has 1 saturated heterocycles. The summed E-state index contributed by atoms with van der Waals surface area (Å²) in [6.07, 6.45) is -0.986. The summed E-state index contributed by atoms with van der Waals surface area (Å²) in [7, 11) is 0. The van der Waals surface area contributed by atoms with Crippen molar-refractivity contribution in [1.82, 2.24) is 5.43 Å².